The minimum atomic E-state index is -0.248. The Labute approximate surface area is 207 Å². The Bertz CT molecular complexity index is 1230. The van der Waals surface area contributed by atoms with E-state index < -0.39 is 0 Å². The van der Waals surface area contributed by atoms with Gasteiger partial charge in [-0.2, -0.15) is 0 Å². The molecule has 4 rings (SSSR count). The molecule has 0 bridgehead atoms. The Morgan fingerprint density at radius 3 is 2.57 bits per heavy atom. The molecule has 3 aromatic rings. The van der Waals surface area contributed by atoms with E-state index in [2.05, 4.69) is 10.2 Å². The van der Waals surface area contributed by atoms with Crippen molar-refractivity contribution >= 4 is 23.4 Å². The maximum absolute atomic E-state index is 12.7. The average Bonchev–Trinajstić information content (AvgIpc) is 3.40. The van der Waals surface area contributed by atoms with Gasteiger partial charge in [-0.15, -0.1) is 0 Å². The number of carbonyl (C=O) groups excluding carboxylic acids is 2. The molecule has 0 unspecified atom stereocenters. The van der Waals surface area contributed by atoms with Crippen molar-refractivity contribution in [3.05, 3.63) is 87.2 Å². The molecule has 1 aliphatic rings. The van der Waals surface area contributed by atoms with E-state index in [1.165, 1.54) is 19.4 Å². The first kappa shape index (κ1) is 24.6. The zero-order chi connectivity index (χ0) is 24.8. The van der Waals surface area contributed by atoms with Crippen LogP contribution in [0.3, 0.4) is 0 Å². The highest BCUT2D eigenvalue weighted by Crippen LogP contribution is 2.15. The molecule has 3 heterocycles. The highest BCUT2D eigenvalue weighted by Gasteiger charge is 2.24. The first-order chi connectivity index (χ1) is 16.9. The van der Waals surface area contributed by atoms with Gasteiger partial charge in [-0.1, -0.05) is 29.8 Å². The summed E-state index contributed by atoms with van der Waals surface area (Å²) in [4.78, 5) is 41.5. The fourth-order valence-electron chi connectivity index (χ4n) is 3.97. The van der Waals surface area contributed by atoms with Crippen LogP contribution in [-0.2, 0) is 24.4 Å². The lowest BCUT2D eigenvalue weighted by Gasteiger charge is -2.34. The monoisotopic (exact) mass is 498 g/mol. The predicted octanol–water partition coefficient (Wildman–Crippen LogP) is 2.38. The molecule has 0 spiro atoms. The number of rotatable bonds is 8. The van der Waals surface area contributed by atoms with Crippen LogP contribution in [0.25, 0.3) is 0 Å². The van der Waals surface area contributed by atoms with Gasteiger partial charge in [-0.3, -0.25) is 19.3 Å². The van der Waals surface area contributed by atoms with Gasteiger partial charge in [0.05, 0.1) is 19.6 Å². The summed E-state index contributed by atoms with van der Waals surface area (Å²) in [5, 5.41) is 3.46. The molecule has 9 nitrogen and oxygen atoms in total. The summed E-state index contributed by atoms with van der Waals surface area (Å²) >= 11 is 6.17. The molecule has 0 aliphatic carbocycles. The van der Waals surface area contributed by atoms with Crippen LogP contribution in [0.2, 0.25) is 5.02 Å². The van der Waals surface area contributed by atoms with Crippen molar-refractivity contribution < 1.29 is 18.7 Å². The summed E-state index contributed by atoms with van der Waals surface area (Å²) in [6.07, 6.45) is 3.04. The van der Waals surface area contributed by atoms with Crippen LogP contribution >= 0.6 is 11.6 Å². The second-order valence-electron chi connectivity index (χ2n) is 8.24. The number of carbonyl (C=O) groups is 2. The number of nitrogens with zero attached hydrogens (tertiary/aromatic N) is 3. The summed E-state index contributed by atoms with van der Waals surface area (Å²) in [6.45, 7) is 3.12. The minimum Gasteiger partial charge on any atom is -0.491 e. The van der Waals surface area contributed by atoms with Crippen molar-refractivity contribution in [3.8, 4) is 5.75 Å². The molecule has 0 radical (unpaired) electrons. The number of pyridine rings is 1. The summed E-state index contributed by atoms with van der Waals surface area (Å²) < 4.78 is 12.1. The van der Waals surface area contributed by atoms with Gasteiger partial charge in [-0.05, 0) is 23.8 Å². The topological polar surface area (TPSA) is 97.0 Å². The van der Waals surface area contributed by atoms with E-state index in [-0.39, 0.29) is 29.5 Å². The smallest absolute Gasteiger partial charge is 0.289 e. The third-order valence-electron chi connectivity index (χ3n) is 5.93. The van der Waals surface area contributed by atoms with Gasteiger partial charge in [0.2, 0.25) is 11.3 Å². The van der Waals surface area contributed by atoms with E-state index in [1.807, 2.05) is 18.2 Å². The fourth-order valence-corrected chi connectivity index (χ4v) is 4.17. The minimum absolute atomic E-state index is 0.0212. The zero-order valence-electron chi connectivity index (χ0n) is 19.4. The van der Waals surface area contributed by atoms with Crippen LogP contribution in [0, 0.1) is 0 Å². The maximum Gasteiger partial charge on any atom is 0.289 e. The molecule has 0 saturated carbocycles. The second kappa shape index (κ2) is 11.2. The number of aromatic nitrogens is 1. The molecule has 2 aromatic heterocycles. The summed E-state index contributed by atoms with van der Waals surface area (Å²) in [7, 11) is 1.42. The number of ether oxygens (including phenoxy) is 1. The van der Waals surface area contributed by atoms with Crippen LogP contribution in [-0.4, -0.2) is 59.5 Å². The third-order valence-corrected chi connectivity index (χ3v) is 6.30. The van der Waals surface area contributed by atoms with Gasteiger partial charge in [-0.25, -0.2) is 0 Å². The third kappa shape index (κ3) is 6.12. The van der Waals surface area contributed by atoms with Crippen LogP contribution < -0.4 is 15.5 Å². The predicted molar refractivity (Wildman–Crippen MR) is 130 cm³/mol. The number of halogens is 1. The second-order valence-corrected chi connectivity index (χ2v) is 8.65. The number of benzene rings is 1. The molecule has 184 valence electrons. The summed E-state index contributed by atoms with van der Waals surface area (Å²) in [5.41, 5.74) is 1.26. The first-order valence-electron chi connectivity index (χ1n) is 11.3. The van der Waals surface area contributed by atoms with E-state index >= 15 is 0 Å². The fraction of sp³-hybridized carbons (Fsp3) is 0.320. The lowest BCUT2D eigenvalue weighted by Crippen LogP contribution is -2.48. The molecule has 2 amide bonds. The molecule has 1 fully saturated rings. The van der Waals surface area contributed by atoms with E-state index in [4.69, 9.17) is 20.8 Å². The largest absolute Gasteiger partial charge is 0.491 e. The van der Waals surface area contributed by atoms with E-state index in [0.717, 1.165) is 5.56 Å². The number of piperazine rings is 1. The molecular formula is C25H27ClN4O5. The van der Waals surface area contributed by atoms with Crippen molar-refractivity contribution in [1.29, 1.82) is 0 Å². The highest BCUT2D eigenvalue weighted by molar-refractivity contribution is 6.31. The highest BCUT2D eigenvalue weighted by atomic mass is 35.5. The molecule has 1 aromatic carbocycles. The van der Waals surface area contributed by atoms with E-state index in [1.54, 1.807) is 33.9 Å². The lowest BCUT2D eigenvalue weighted by atomic mass is 10.2. The molecule has 1 saturated heterocycles. The molecule has 0 atom stereocenters. The van der Waals surface area contributed by atoms with Crippen molar-refractivity contribution in [2.45, 2.75) is 19.6 Å². The Morgan fingerprint density at radius 2 is 1.89 bits per heavy atom. The number of hydrogen-bond acceptors (Lipinski definition) is 6. The molecular weight excluding hydrogens is 472 g/mol. The number of nitrogens with one attached hydrogen (secondary N) is 1. The zero-order valence-corrected chi connectivity index (χ0v) is 20.2. The maximum atomic E-state index is 12.7. The van der Waals surface area contributed by atoms with Crippen molar-refractivity contribution in [2.75, 3.05) is 33.3 Å². The summed E-state index contributed by atoms with van der Waals surface area (Å²) in [6, 6.07) is 12.2. The van der Waals surface area contributed by atoms with Crippen molar-refractivity contribution in [3.63, 3.8) is 0 Å². The Hall–Kier alpha value is -3.56. The standard InChI is InChI=1S/C25H27ClN4O5/c1-34-23-16-30(17-24(32)27-14-18-5-2-3-6-20(18)26)19(13-21(23)31)15-28-8-10-29(11-9-28)25(33)22-7-4-12-35-22/h2-7,12-13,16H,8-11,14-15,17H2,1H3,(H,27,32). The Morgan fingerprint density at radius 1 is 1.11 bits per heavy atom. The number of furan rings is 1. The van der Waals surface area contributed by atoms with Crippen LogP contribution in [0.5, 0.6) is 5.75 Å². The molecule has 1 N–H and O–H groups in total. The van der Waals surface area contributed by atoms with Crippen LogP contribution in [0.1, 0.15) is 21.8 Å². The van der Waals surface area contributed by atoms with Gasteiger partial charge in [0, 0.05) is 56.1 Å². The van der Waals surface area contributed by atoms with Gasteiger partial charge < -0.3 is 23.9 Å². The van der Waals surface area contributed by atoms with E-state index in [0.29, 0.717) is 55.7 Å². The number of amides is 2. The lowest BCUT2D eigenvalue weighted by molar-refractivity contribution is -0.121. The normalized spacial score (nSPS) is 14.1. The molecule has 1 aliphatic heterocycles. The number of hydrogen-bond donors (Lipinski definition) is 1. The summed E-state index contributed by atoms with van der Waals surface area (Å²) in [5.74, 6) is 0.142. The number of methoxy groups -OCH3 is 1. The Kier molecular flexibility index (Phi) is 7.89. The SMILES string of the molecule is COc1cn(CC(=O)NCc2ccccc2Cl)c(CN2CCN(C(=O)c3ccco3)CC2)cc1=O. The van der Waals surface area contributed by atoms with E-state index in [9.17, 15) is 14.4 Å². The quantitative estimate of drug-likeness (QED) is 0.512. The van der Waals surface area contributed by atoms with Gasteiger partial charge >= 0.3 is 0 Å². The molecule has 35 heavy (non-hydrogen) atoms. The van der Waals surface area contributed by atoms with Gasteiger partial charge in [0.25, 0.3) is 5.91 Å². The van der Waals surface area contributed by atoms with Crippen LogP contribution in [0.15, 0.2) is 64.1 Å². The molecule has 10 heteroatoms. The van der Waals surface area contributed by atoms with Crippen LogP contribution in [0.4, 0.5) is 0 Å². The average molecular weight is 499 g/mol. The first-order valence-corrected chi connectivity index (χ1v) is 11.6. The van der Waals surface area contributed by atoms with Crippen molar-refractivity contribution in [1.82, 2.24) is 19.7 Å². The Balaban J connectivity index is 1.40. The van der Waals surface area contributed by atoms with Gasteiger partial charge in [0.15, 0.2) is 11.5 Å². The van der Waals surface area contributed by atoms with Crippen molar-refractivity contribution in [2.24, 2.45) is 0 Å². The van der Waals surface area contributed by atoms with Gasteiger partial charge in [0.1, 0.15) is 6.54 Å².